The van der Waals surface area contributed by atoms with Gasteiger partial charge in [0.1, 0.15) is 5.75 Å². The van der Waals surface area contributed by atoms with Crippen LogP contribution >= 0.6 is 11.6 Å². The van der Waals surface area contributed by atoms with Crippen LogP contribution in [0, 0.1) is 6.92 Å². The molecule has 6 nitrogen and oxygen atoms in total. The SMILES string of the molecule is Cc1ccc(Cl)cc1NC(=O)[C@@H](C)Oc1ccc(-c2nnco2)cc1. The minimum Gasteiger partial charge on any atom is -0.481 e. The lowest BCUT2D eigenvalue weighted by Gasteiger charge is -2.16. The molecule has 0 saturated heterocycles. The van der Waals surface area contributed by atoms with Crippen LogP contribution in [-0.2, 0) is 4.79 Å². The van der Waals surface area contributed by atoms with Crippen LogP contribution in [0.4, 0.5) is 5.69 Å². The highest BCUT2D eigenvalue weighted by molar-refractivity contribution is 6.31. The number of hydrogen-bond acceptors (Lipinski definition) is 5. The van der Waals surface area contributed by atoms with Crippen LogP contribution in [0.3, 0.4) is 0 Å². The number of nitrogens with zero attached hydrogens (tertiary/aromatic N) is 2. The summed E-state index contributed by atoms with van der Waals surface area (Å²) in [6.07, 6.45) is 0.594. The second-order valence-corrected chi connectivity index (χ2v) is 5.91. The molecule has 25 heavy (non-hydrogen) atoms. The number of anilines is 1. The number of aryl methyl sites for hydroxylation is 1. The smallest absolute Gasteiger partial charge is 0.265 e. The molecular weight excluding hydrogens is 342 g/mol. The number of halogens is 1. The van der Waals surface area contributed by atoms with E-state index in [9.17, 15) is 4.79 Å². The van der Waals surface area contributed by atoms with Gasteiger partial charge in [0.2, 0.25) is 12.3 Å². The third kappa shape index (κ3) is 4.16. The Morgan fingerprint density at radius 1 is 1.24 bits per heavy atom. The van der Waals surface area contributed by atoms with E-state index in [1.807, 2.05) is 13.0 Å². The summed E-state index contributed by atoms with van der Waals surface area (Å²) in [7, 11) is 0. The zero-order valence-electron chi connectivity index (χ0n) is 13.7. The third-order valence-electron chi connectivity index (χ3n) is 3.60. The Morgan fingerprint density at radius 3 is 2.68 bits per heavy atom. The number of carbonyl (C=O) groups is 1. The summed E-state index contributed by atoms with van der Waals surface area (Å²) in [5, 5.41) is 10.9. The van der Waals surface area contributed by atoms with Crippen molar-refractivity contribution in [3.05, 3.63) is 59.4 Å². The van der Waals surface area contributed by atoms with Crippen molar-refractivity contribution in [2.45, 2.75) is 20.0 Å². The molecular formula is C18H16ClN3O3. The van der Waals surface area contributed by atoms with Gasteiger partial charge >= 0.3 is 0 Å². The molecule has 3 aromatic rings. The summed E-state index contributed by atoms with van der Waals surface area (Å²) >= 11 is 5.97. The molecule has 3 rings (SSSR count). The molecule has 1 heterocycles. The average molecular weight is 358 g/mol. The molecule has 1 amide bonds. The number of carbonyl (C=O) groups excluding carboxylic acids is 1. The summed E-state index contributed by atoms with van der Waals surface area (Å²) in [6, 6.07) is 12.4. The monoisotopic (exact) mass is 357 g/mol. The van der Waals surface area contributed by atoms with Gasteiger partial charge in [-0.1, -0.05) is 17.7 Å². The molecule has 7 heteroatoms. The topological polar surface area (TPSA) is 77.2 Å². The van der Waals surface area contributed by atoms with Crippen molar-refractivity contribution in [3.63, 3.8) is 0 Å². The van der Waals surface area contributed by atoms with Gasteiger partial charge in [0, 0.05) is 16.3 Å². The lowest BCUT2D eigenvalue weighted by atomic mass is 10.2. The zero-order valence-corrected chi connectivity index (χ0v) is 14.4. The van der Waals surface area contributed by atoms with Gasteiger partial charge in [-0.2, -0.15) is 0 Å². The lowest BCUT2D eigenvalue weighted by molar-refractivity contribution is -0.122. The van der Waals surface area contributed by atoms with Crippen molar-refractivity contribution < 1.29 is 13.9 Å². The predicted octanol–water partition coefficient (Wildman–Crippen LogP) is 4.10. The van der Waals surface area contributed by atoms with Crippen LogP contribution < -0.4 is 10.1 Å². The highest BCUT2D eigenvalue weighted by Gasteiger charge is 2.16. The van der Waals surface area contributed by atoms with Gasteiger partial charge in [0.05, 0.1) is 0 Å². The second-order valence-electron chi connectivity index (χ2n) is 5.48. The van der Waals surface area contributed by atoms with Crippen molar-refractivity contribution >= 4 is 23.2 Å². The Hall–Kier alpha value is -2.86. The van der Waals surface area contributed by atoms with Crippen molar-refractivity contribution in [2.24, 2.45) is 0 Å². The van der Waals surface area contributed by atoms with E-state index in [0.717, 1.165) is 11.1 Å². The standard InChI is InChI=1S/C18H16ClN3O3/c1-11-3-6-14(19)9-16(11)21-17(23)12(2)25-15-7-4-13(5-8-15)18-22-20-10-24-18/h3-10,12H,1-2H3,(H,21,23)/t12-/m1/s1. The first-order valence-corrected chi connectivity index (χ1v) is 8.01. The highest BCUT2D eigenvalue weighted by atomic mass is 35.5. The van der Waals surface area contributed by atoms with E-state index in [-0.39, 0.29) is 5.91 Å². The third-order valence-corrected chi connectivity index (χ3v) is 3.84. The first-order chi connectivity index (χ1) is 12.0. The minimum absolute atomic E-state index is 0.258. The van der Waals surface area contributed by atoms with Gasteiger partial charge < -0.3 is 14.5 Å². The number of amides is 1. The largest absolute Gasteiger partial charge is 0.481 e. The molecule has 0 fully saturated rings. The maximum Gasteiger partial charge on any atom is 0.265 e. The Bertz CT molecular complexity index is 864. The molecule has 0 spiro atoms. The molecule has 0 aliphatic rings. The molecule has 0 aliphatic heterocycles. The zero-order chi connectivity index (χ0) is 17.8. The number of nitrogens with one attached hydrogen (secondary N) is 1. The number of hydrogen-bond donors (Lipinski definition) is 1. The molecule has 0 unspecified atom stereocenters. The molecule has 2 aromatic carbocycles. The van der Waals surface area contributed by atoms with Gasteiger partial charge in [-0.15, -0.1) is 10.2 Å². The van der Waals surface area contributed by atoms with Gasteiger partial charge in [-0.05, 0) is 55.8 Å². The molecule has 1 atom stereocenters. The van der Waals surface area contributed by atoms with Gasteiger partial charge in [0.15, 0.2) is 6.10 Å². The average Bonchev–Trinajstić information content (AvgIpc) is 3.13. The van der Waals surface area contributed by atoms with Gasteiger partial charge in [0.25, 0.3) is 5.91 Å². The van der Waals surface area contributed by atoms with Crippen molar-refractivity contribution in [2.75, 3.05) is 5.32 Å². The molecule has 1 N–H and O–H groups in total. The van der Waals surface area contributed by atoms with E-state index in [1.54, 1.807) is 43.3 Å². The van der Waals surface area contributed by atoms with Crippen LogP contribution in [0.5, 0.6) is 5.75 Å². The Kier molecular flexibility index (Phi) is 5.00. The van der Waals surface area contributed by atoms with E-state index in [2.05, 4.69) is 15.5 Å². The second kappa shape index (κ2) is 7.36. The highest BCUT2D eigenvalue weighted by Crippen LogP contribution is 2.22. The van der Waals surface area contributed by atoms with Crippen molar-refractivity contribution in [1.29, 1.82) is 0 Å². The normalized spacial score (nSPS) is 11.8. The summed E-state index contributed by atoms with van der Waals surface area (Å²) < 4.78 is 10.8. The maximum atomic E-state index is 12.3. The Morgan fingerprint density at radius 2 is 2.00 bits per heavy atom. The fraction of sp³-hybridized carbons (Fsp3) is 0.167. The van der Waals surface area contributed by atoms with E-state index >= 15 is 0 Å². The minimum atomic E-state index is -0.673. The summed E-state index contributed by atoms with van der Waals surface area (Å²) in [6.45, 7) is 3.58. The van der Waals surface area contributed by atoms with Crippen LogP contribution in [0.2, 0.25) is 5.02 Å². The summed E-state index contributed by atoms with van der Waals surface area (Å²) in [4.78, 5) is 12.3. The first-order valence-electron chi connectivity index (χ1n) is 7.63. The van der Waals surface area contributed by atoms with Gasteiger partial charge in [-0.25, -0.2) is 0 Å². The van der Waals surface area contributed by atoms with Crippen LogP contribution in [0.15, 0.2) is 53.3 Å². The number of aromatic nitrogens is 2. The van der Waals surface area contributed by atoms with E-state index in [0.29, 0.717) is 22.4 Å². The fourth-order valence-corrected chi connectivity index (χ4v) is 2.37. The van der Waals surface area contributed by atoms with E-state index in [4.69, 9.17) is 20.8 Å². The number of benzene rings is 2. The molecule has 0 aliphatic carbocycles. The van der Waals surface area contributed by atoms with Crippen LogP contribution in [0.1, 0.15) is 12.5 Å². The summed E-state index contributed by atoms with van der Waals surface area (Å²) in [5.41, 5.74) is 2.37. The van der Waals surface area contributed by atoms with Gasteiger partial charge in [-0.3, -0.25) is 4.79 Å². The number of ether oxygens (including phenoxy) is 1. The molecule has 0 radical (unpaired) electrons. The lowest BCUT2D eigenvalue weighted by Crippen LogP contribution is -2.30. The quantitative estimate of drug-likeness (QED) is 0.743. The molecule has 1 aromatic heterocycles. The molecule has 0 bridgehead atoms. The van der Waals surface area contributed by atoms with Crippen LogP contribution in [0.25, 0.3) is 11.5 Å². The van der Waals surface area contributed by atoms with Crippen molar-refractivity contribution in [1.82, 2.24) is 10.2 Å². The van der Waals surface area contributed by atoms with E-state index < -0.39 is 6.10 Å². The predicted molar refractivity (Wildman–Crippen MR) is 94.6 cm³/mol. The summed E-state index contributed by atoms with van der Waals surface area (Å²) in [5.74, 6) is 0.730. The Balaban J connectivity index is 1.64. The molecule has 128 valence electrons. The Labute approximate surface area is 149 Å². The van der Waals surface area contributed by atoms with E-state index in [1.165, 1.54) is 6.39 Å². The molecule has 0 saturated carbocycles. The first kappa shape index (κ1) is 17.0. The van der Waals surface area contributed by atoms with Crippen LogP contribution in [-0.4, -0.2) is 22.2 Å². The van der Waals surface area contributed by atoms with Crippen molar-refractivity contribution in [3.8, 4) is 17.2 Å². The maximum absolute atomic E-state index is 12.3. The fourth-order valence-electron chi connectivity index (χ4n) is 2.20. The number of rotatable bonds is 5.